The van der Waals surface area contributed by atoms with Gasteiger partial charge in [0.15, 0.2) is 0 Å². The van der Waals surface area contributed by atoms with E-state index in [9.17, 15) is 4.79 Å². The maximum atomic E-state index is 10.8. The van der Waals surface area contributed by atoms with E-state index in [0.717, 1.165) is 18.8 Å². The quantitative estimate of drug-likeness (QED) is 0.545. The Morgan fingerprint density at radius 2 is 2.10 bits per heavy atom. The number of rotatable bonds is 3. The summed E-state index contributed by atoms with van der Waals surface area (Å²) in [7, 11) is 0. The first-order valence-corrected chi connectivity index (χ1v) is 8.46. The molecule has 112 valence electrons. The molecular weight excluding hydrogens is 316 g/mol. The SMILES string of the molecule is CC(=O)OCC1=CC=C([C@H]2CC[C@H](Br)C(C)(C)C2)CC1. The molecule has 0 unspecified atom stereocenters. The third kappa shape index (κ3) is 3.97. The van der Waals surface area contributed by atoms with Crippen molar-refractivity contribution in [1.29, 1.82) is 0 Å². The van der Waals surface area contributed by atoms with E-state index < -0.39 is 0 Å². The van der Waals surface area contributed by atoms with Gasteiger partial charge in [0.1, 0.15) is 6.61 Å². The molecule has 2 nitrogen and oxygen atoms in total. The van der Waals surface area contributed by atoms with Crippen LogP contribution in [0.25, 0.3) is 0 Å². The average molecular weight is 341 g/mol. The molecule has 2 aliphatic carbocycles. The monoisotopic (exact) mass is 340 g/mol. The van der Waals surface area contributed by atoms with Gasteiger partial charge in [-0.05, 0) is 49.0 Å². The summed E-state index contributed by atoms with van der Waals surface area (Å²) in [5, 5.41) is 0. The van der Waals surface area contributed by atoms with Crippen LogP contribution in [-0.4, -0.2) is 17.4 Å². The highest BCUT2D eigenvalue weighted by Crippen LogP contribution is 2.46. The molecule has 1 fully saturated rings. The molecule has 0 aromatic heterocycles. The molecule has 0 amide bonds. The van der Waals surface area contributed by atoms with E-state index in [0.29, 0.717) is 16.8 Å². The van der Waals surface area contributed by atoms with Crippen LogP contribution >= 0.6 is 15.9 Å². The van der Waals surface area contributed by atoms with Crippen LogP contribution in [0.5, 0.6) is 0 Å². The number of alkyl halides is 1. The number of allylic oxidation sites excluding steroid dienone is 3. The molecule has 0 radical (unpaired) electrons. The molecule has 0 aromatic rings. The lowest BCUT2D eigenvalue weighted by Crippen LogP contribution is -2.33. The van der Waals surface area contributed by atoms with Crippen LogP contribution in [-0.2, 0) is 9.53 Å². The summed E-state index contributed by atoms with van der Waals surface area (Å²) < 4.78 is 5.07. The zero-order valence-electron chi connectivity index (χ0n) is 12.7. The summed E-state index contributed by atoms with van der Waals surface area (Å²) in [6.07, 6.45) is 10.4. The Labute approximate surface area is 130 Å². The number of carbonyl (C=O) groups excluding carboxylic acids is 1. The number of hydrogen-bond acceptors (Lipinski definition) is 2. The van der Waals surface area contributed by atoms with E-state index in [-0.39, 0.29) is 5.97 Å². The van der Waals surface area contributed by atoms with Crippen LogP contribution in [0.15, 0.2) is 23.3 Å². The Hall–Kier alpha value is -0.570. The van der Waals surface area contributed by atoms with Gasteiger partial charge >= 0.3 is 5.97 Å². The fraction of sp³-hybridized carbons (Fsp3) is 0.706. The van der Waals surface area contributed by atoms with Crippen molar-refractivity contribution in [3.8, 4) is 0 Å². The summed E-state index contributed by atoms with van der Waals surface area (Å²) in [4.78, 5) is 11.5. The van der Waals surface area contributed by atoms with E-state index in [1.807, 2.05) is 0 Å². The van der Waals surface area contributed by atoms with Gasteiger partial charge < -0.3 is 4.74 Å². The van der Waals surface area contributed by atoms with Gasteiger partial charge in [-0.3, -0.25) is 4.79 Å². The van der Waals surface area contributed by atoms with Gasteiger partial charge in [0.25, 0.3) is 0 Å². The van der Waals surface area contributed by atoms with Crippen LogP contribution in [0.4, 0.5) is 0 Å². The molecule has 2 rings (SSSR count). The number of esters is 1. The molecule has 20 heavy (non-hydrogen) atoms. The standard InChI is InChI=1S/C17H25BrO2/c1-12(19)20-11-13-4-6-14(7-5-13)15-8-9-16(18)17(2,3)10-15/h4,6,15-16H,5,7-11H2,1-3H3/t15-,16-/m0/s1. The second-order valence-electron chi connectivity index (χ2n) is 6.78. The highest BCUT2D eigenvalue weighted by Gasteiger charge is 2.36. The maximum absolute atomic E-state index is 10.8. The van der Waals surface area contributed by atoms with Gasteiger partial charge in [-0.1, -0.05) is 47.5 Å². The van der Waals surface area contributed by atoms with Crippen LogP contribution < -0.4 is 0 Å². The van der Waals surface area contributed by atoms with Crippen LogP contribution in [0.1, 0.15) is 52.9 Å². The summed E-state index contributed by atoms with van der Waals surface area (Å²) in [5.74, 6) is 0.531. The van der Waals surface area contributed by atoms with Gasteiger partial charge in [-0.2, -0.15) is 0 Å². The molecule has 0 heterocycles. The van der Waals surface area contributed by atoms with E-state index in [4.69, 9.17) is 4.74 Å². The zero-order chi connectivity index (χ0) is 14.8. The van der Waals surface area contributed by atoms with Crippen molar-refractivity contribution in [3.63, 3.8) is 0 Å². The van der Waals surface area contributed by atoms with Crippen molar-refractivity contribution in [2.24, 2.45) is 11.3 Å². The minimum atomic E-state index is -0.196. The van der Waals surface area contributed by atoms with Crippen molar-refractivity contribution < 1.29 is 9.53 Å². The summed E-state index contributed by atoms with van der Waals surface area (Å²) in [5.41, 5.74) is 3.20. The third-order valence-electron chi connectivity index (χ3n) is 4.64. The zero-order valence-corrected chi connectivity index (χ0v) is 14.3. The summed E-state index contributed by atoms with van der Waals surface area (Å²) in [6.45, 7) is 6.65. The third-order valence-corrected chi connectivity index (χ3v) is 6.34. The fourth-order valence-corrected chi connectivity index (χ4v) is 3.72. The smallest absolute Gasteiger partial charge is 0.302 e. The molecule has 0 bridgehead atoms. The molecule has 2 aliphatic rings. The van der Waals surface area contributed by atoms with Crippen LogP contribution in [0.2, 0.25) is 0 Å². The Bertz CT molecular complexity index is 434. The molecule has 2 atom stereocenters. The minimum absolute atomic E-state index is 0.196. The predicted octanol–water partition coefficient (Wildman–Crippen LogP) is 4.79. The topological polar surface area (TPSA) is 26.3 Å². The lowest BCUT2D eigenvalue weighted by atomic mass is 9.68. The Morgan fingerprint density at radius 3 is 2.65 bits per heavy atom. The van der Waals surface area contributed by atoms with Crippen molar-refractivity contribution in [2.45, 2.75) is 57.7 Å². The summed E-state index contributed by atoms with van der Waals surface area (Å²) in [6, 6.07) is 0. The summed E-state index contributed by atoms with van der Waals surface area (Å²) >= 11 is 3.83. The number of carbonyl (C=O) groups is 1. The molecule has 3 heteroatoms. The van der Waals surface area contributed by atoms with Gasteiger partial charge in [0.05, 0.1) is 0 Å². The molecule has 1 saturated carbocycles. The molecule has 0 aliphatic heterocycles. The molecule has 0 spiro atoms. The number of halogens is 1. The van der Waals surface area contributed by atoms with Crippen LogP contribution in [0.3, 0.4) is 0 Å². The maximum Gasteiger partial charge on any atom is 0.302 e. The first-order chi connectivity index (χ1) is 9.38. The van der Waals surface area contributed by atoms with Gasteiger partial charge in [0, 0.05) is 11.8 Å². The molecule has 0 aromatic carbocycles. The van der Waals surface area contributed by atoms with Crippen molar-refractivity contribution in [2.75, 3.05) is 6.61 Å². The second kappa shape index (κ2) is 6.46. The lowest BCUT2D eigenvalue weighted by Gasteiger charge is -2.41. The Balaban J connectivity index is 1.96. The van der Waals surface area contributed by atoms with E-state index in [1.54, 1.807) is 5.57 Å². The molecular formula is C17H25BrO2. The van der Waals surface area contributed by atoms with Gasteiger partial charge in [-0.15, -0.1) is 0 Å². The first-order valence-electron chi connectivity index (χ1n) is 7.54. The largest absolute Gasteiger partial charge is 0.461 e. The van der Waals surface area contributed by atoms with E-state index in [1.165, 1.54) is 31.8 Å². The lowest BCUT2D eigenvalue weighted by molar-refractivity contribution is -0.140. The Kier molecular flexibility index (Phi) is 5.11. The van der Waals surface area contributed by atoms with Crippen LogP contribution in [0, 0.1) is 11.3 Å². The predicted molar refractivity (Wildman–Crippen MR) is 85.9 cm³/mol. The van der Waals surface area contributed by atoms with Crippen molar-refractivity contribution >= 4 is 21.9 Å². The van der Waals surface area contributed by atoms with Gasteiger partial charge in [-0.25, -0.2) is 0 Å². The highest BCUT2D eigenvalue weighted by molar-refractivity contribution is 9.09. The second-order valence-corrected chi connectivity index (χ2v) is 7.89. The normalized spacial score (nSPS) is 29.4. The Morgan fingerprint density at radius 1 is 1.35 bits per heavy atom. The van der Waals surface area contributed by atoms with Crippen molar-refractivity contribution in [1.82, 2.24) is 0 Å². The molecule has 0 saturated heterocycles. The number of hydrogen-bond donors (Lipinski definition) is 0. The average Bonchev–Trinajstić information content (AvgIpc) is 2.40. The first kappa shape index (κ1) is 15.8. The van der Waals surface area contributed by atoms with E-state index >= 15 is 0 Å². The molecule has 0 N–H and O–H groups in total. The highest BCUT2D eigenvalue weighted by atomic mass is 79.9. The van der Waals surface area contributed by atoms with E-state index in [2.05, 4.69) is 41.9 Å². The minimum Gasteiger partial charge on any atom is -0.461 e. The van der Waals surface area contributed by atoms with Gasteiger partial charge in [0.2, 0.25) is 0 Å². The number of ether oxygens (including phenoxy) is 1. The van der Waals surface area contributed by atoms with Crippen molar-refractivity contribution in [3.05, 3.63) is 23.3 Å². The fourth-order valence-electron chi connectivity index (χ4n) is 3.27.